The first-order chi connectivity index (χ1) is 7.70. The van der Waals surface area contributed by atoms with Gasteiger partial charge in [-0.3, -0.25) is 0 Å². The Morgan fingerprint density at radius 1 is 1.38 bits per heavy atom. The molecular formula is C13H20N2O. The molecule has 0 saturated carbocycles. The van der Waals surface area contributed by atoms with E-state index in [1.807, 2.05) is 0 Å². The Kier molecular flexibility index (Phi) is 3.46. The third-order valence-corrected chi connectivity index (χ3v) is 3.13. The van der Waals surface area contributed by atoms with Crippen molar-refractivity contribution in [2.24, 2.45) is 0 Å². The van der Waals surface area contributed by atoms with Gasteiger partial charge in [0.1, 0.15) is 0 Å². The van der Waals surface area contributed by atoms with Gasteiger partial charge in [-0.15, -0.1) is 0 Å². The molecule has 3 nitrogen and oxygen atoms in total. The molecule has 3 heteroatoms. The van der Waals surface area contributed by atoms with E-state index >= 15 is 0 Å². The summed E-state index contributed by atoms with van der Waals surface area (Å²) < 4.78 is 0. The molecule has 2 rings (SSSR count). The molecule has 0 radical (unpaired) electrons. The maximum atomic E-state index is 9.25. The average molecular weight is 220 g/mol. The predicted molar refractivity (Wildman–Crippen MR) is 66.9 cm³/mol. The van der Waals surface area contributed by atoms with Gasteiger partial charge in [-0.25, -0.2) is 0 Å². The summed E-state index contributed by atoms with van der Waals surface area (Å²) in [5, 5.41) is 12.6. The van der Waals surface area contributed by atoms with E-state index < -0.39 is 0 Å². The third-order valence-electron chi connectivity index (χ3n) is 3.13. The molecule has 2 N–H and O–H groups in total. The van der Waals surface area contributed by atoms with E-state index in [1.54, 1.807) is 0 Å². The van der Waals surface area contributed by atoms with Gasteiger partial charge in [0.25, 0.3) is 0 Å². The number of para-hydroxylation sites is 1. The van der Waals surface area contributed by atoms with Gasteiger partial charge in [-0.05, 0) is 25.5 Å². The van der Waals surface area contributed by atoms with Crippen molar-refractivity contribution in [2.45, 2.75) is 25.9 Å². The Bertz CT molecular complexity index is 354. The zero-order chi connectivity index (χ0) is 11.5. The molecule has 16 heavy (non-hydrogen) atoms. The van der Waals surface area contributed by atoms with Crippen LogP contribution in [0.3, 0.4) is 0 Å². The second kappa shape index (κ2) is 4.85. The van der Waals surface area contributed by atoms with Crippen LogP contribution in [-0.2, 0) is 0 Å². The van der Waals surface area contributed by atoms with Crippen LogP contribution < -0.4 is 10.2 Å². The summed E-state index contributed by atoms with van der Waals surface area (Å²) in [6, 6.07) is 9.03. The van der Waals surface area contributed by atoms with Crippen molar-refractivity contribution in [1.82, 2.24) is 5.32 Å². The van der Waals surface area contributed by atoms with Crippen LogP contribution >= 0.6 is 0 Å². The van der Waals surface area contributed by atoms with Gasteiger partial charge in [-0.1, -0.05) is 18.2 Å². The van der Waals surface area contributed by atoms with E-state index in [-0.39, 0.29) is 12.6 Å². The molecule has 0 aromatic heterocycles. The van der Waals surface area contributed by atoms with E-state index in [2.05, 4.69) is 48.3 Å². The van der Waals surface area contributed by atoms with Crippen LogP contribution in [0.15, 0.2) is 24.3 Å². The van der Waals surface area contributed by atoms with E-state index in [0.717, 1.165) is 13.1 Å². The van der Waals surface area contributed by atoms with Gasteiger partial charge >= 0.3 is 0 Å². The van der Waals surface area contributed by atoms with Crippen LogP contribution in [0.1, 0.15) is 12.5 Å². The summed E-state index contributed by atoms with van der Waals surface area (Å²) in [6.45, 7) is 6.38. The number of anilines is 1. The molecular weight excluding hydrogens is 200 g/mol. The summed E-state index contributed by atoms with van der Waals surface area (Å²) in [5.41, 5.74) is 2.59. The standard InChI is InChI=1S/C13H20N2O/c1-10-5-3-4-6-13(10)15-7-11(2)14-12(8-15)9-16/h3-6,11-12,14,16H,7-9H2,1-2H3. The molecule has 88 valence electrons. The lowest BCUT2D eigenvalue weighted by atomic mass is 10.1. The molecule has 2 atom stereocenters. The number of benzene rings is 1. The topological polar surface area (TPSA) is 35.5 Å². The SMILES string of the molecule is Cc1ccccc1N1CC(C)NC(CO)C1. The number of hydrogen-bond donors (Lipinski definition) is 2. The largest absolute Gasteiger partial charge is 0.395 e. The zero-order valence-electron chi connectivity index (χ0n) is 9.98. The third kappa shape index (κ3) is 2.36. The highest BCUT2D eigenvalue weighted by Crippen LogP contribution is 2.21. The maximum absolute atomic E-state index is 9.25. The smallest absolute Gasteiger partial charge is 0.0602 e. The fourth-order valence-corrected chi connectivity index (χ4v) is 2.40. The van der Waals surface area contributed by atoms with Crippen molar-refractivity contribution in [3.8, 4) is 0 Å². The second-order valence-electron chi connectivity index (χ2n) is 4.64. The fourth-order valence-electron chi connectivity index (χ4n) is 2.40. The Morgan fingerprint density at radius 2 is 2.12 bits per heavy atom. The minimum Gasteiger partial charge on any atom is -0.395 e. The van der Waals surface area contributed by atoms with Crippen LogP contribution in [0, 0.1) is 6.92 Å². The van der Waals surface area contributed by atoms with Gasteiger partial charge in [0.2, 0.25) is 0 Å². The first-order valence-electron chi connectivity index (χ1n) is 5.88. The summed E-state index contributed by atoms with van der Waals surface area (Å²) in [5.74, 6) is 0. The van der Waals surface area contributed by atoms with Crippen molar-refractivity contribution >= 4 is 5.69 Å². The molecule has 1 saturated heterocycles. The van der Waals surface area contributed by atoms with Gasteiger partial charge in [0.05, 0.1) is 6.61 Å². The molecule has 0 amide bonds. The van der Waals surface area contributed by atoms with Crippen molar-refractivity contribution in [1.29, 1.82) is 0 Å². The average Bonchev–Trinajstić information content (AvgIpc) is 2.28. The van der Waals surface area contributed by atoms with Crippen molar-refractivity contribution in [3.05, 3.63) is 29.8 Å². The Labute approximate surface area is 97.1 Å². The van der Waals surface area contributed by atoms with Gasteiger partial charge in [0.15, 0.2) is 0 Å². The number of nitrogens with one attached hydrogen (secondary N) is 1. The van der Waals surface area contributed by atoms with Gasteiger partial charge in [-0.2, -0.15) is 0 Å². The molecule has 1 aromatic rings. The molecule has 1 aliphatic heterocycles. The lowest BCUT2D eigenvalue weighted by Crippen LogP contribution is -2.57. The van der Waals surface area contributed by atoms with Crippen LogP contribution in [-0.4, -0.2) is 36.9 Å². The highest BCUT2D eigenvalue weighted by atomic mass is 16.3. The van der Waals surface area contributed by atoms with Crippen LogP contribution in [0.5, 0.6) is 0 Å². The van der Waals surface area contributed by atoms with E-state index in [1.165, 1.54) is 11.3 Å². The maximum Gasteiger partial charge on any atom is 0.0602 e. The monoisotopic (exact) mass is 220 g/mol. The van der Waals surface area contributed by atoms with Gasteiger partial charge in [0, 0.05) is 30.9 Å². The zero-order valence-corrected chi connectivity index (χ0v) is 9.98. The lowest BCUT2D eigenvalue weighted by molar-refractivity contribution is 0.221. The first kappa shape index (κ1) is 11.4. The summed E-state index contributed by atoms with van der Waals surface area (Å²) in [4.78, 5) is 2.36. The summed E-state index contributed by atoms with van der Waals surface area (Å²) >= 11 is 0. The van der Waals surface area contributed by atoms with Crippen molar-refractivity contribution < 1.29 is 5.11 Å². The normalized spacial score (nSPS) is 25.8. The van der Waals surface area contributed by atoms with Gasteiger partial charge < -0.3 is 15.3 Å². The molecule has 1 aromatic carbocycles. The fraction of sp³-hybridized carbons (Fsp3) is 0.538. The van der Waals surface area contributed by atoms with E-state index in [4.69, 9.17) is 0 Å². The molecule has 1 fully saturated rings. The van der Waals surface area contributed by atoms with E-state index in [9.17, 15) is 5.11 Å². The molecule has 1 heterocycles. The highest BCUT2D eigenvalue weighted by Gasteiger charge is 2.23. The quantitative estimate of drug-likeness (QED) is 0.785. The van der Waals surface area contributed by atoms with Crippen molar-refractivity contribution in [3.63, 3.8) is 0 Å². The minimum atomic E-state index is 0.184. The van der Waals surface area contributed by atoms with Crippen molar-refractivity contribution in [2.75, 3.05) is 24.6 Å². The molecule has 0 bridgehead atoms. The lowest BCUT2D eigenvalue weighted by Gasteiger charge is -2.39. The number of aryl methyl sites for hydroxylation is 1. The van der Waals surface area contributed by atoms with Crippen LogP contribution in [0.4, 0.5) is 5.69 Å². The minimum absolute atomic E-state index is 0.184. The number of rotatable bonds is 2. The number of nitrogens with zero attached hydrogens (tertiary/aromatic N) is 1. The summed E-state index contributed by atoms with van der Waals surface area (Å²) in [6.07, 6.45) is 0. The van der Waals surface area contributed by atoms with Crippen LogP contribution in [0.25, 0.3) is 0 Å². The Balaban J connectivity index is 2.17. The highest BCUT2D eigenvalue weighted by molar-refractivity contribution is 5.53. The Hall–Kier alpha value is -1.06. The molecule has 1 aliphatic rings. The molecule has 0 spiro atoms. The predicted octanol–water partition coefficient (Wildman–Crippen LogP) is 1.15. The molecule has 2 unspecified atom stereocenters. The summed E-state index contributed by atoms with van der Waals surface area (Å²) in [7, 11) is 0. The number of hydrogen-bond acceptors (Lipinski definition) is 3. The van der Waals surface area contributed by atoms with Crippen LogP contribution in [0.2, 0.25) is 0 Å². The number of piperazine rings is 1. The second-order valence-corrected chi connectivity index (χ2v) is 4.64. The van der Waals surface area contributed by atoms with E-state index in [0.29, 0.717) is 6.04 Å². The number of aliphatic hydroxyl groups is 1. The number of aliphatic hydroxyl groups excluding tert-OH is 1. The molecule has 0 aliphatic carbocycles. The Morgan fingerprint density at radius 3 is 2.81 bits per heavy atom. The first-order valence-corrected chi connectivity index (χ1v) is 5.88.